The minimum absolute atomic E-state index is 0.0171. The lowest BCUT2D eigenvalue weighted by atomic mass is 10.1. The summed E-state index contributed by atoms with van der Waals surface area (Å²) in [4.78, 5) is 28.7. The Hall–Kier alpha value is -2.49. The molecular formula is C29H31Cl4N3O4S. The molecule has 0 saturated heterocycles. The zero-order valence-corrected chi connectivity index (χ0v) is 26.8. The maximum atomic E-state index is 14.2. The van der Waals surface area contributed by atoms with Crippen molar-refractivity contribution in [3.8, 4) is 0 Å². The van der Waals surface area contributed by atoms with Gasteiger partial charge < -0.3 is 10.2 Å². The molecular weight excluding hydrogens is 628 g/mol. The van der Waals surface area contributed by atoms with Gasteiger partial charge in [-0.1, -0.05) is 83.2 Å². The average molecular weight is 659 g/mol. The number of halogens is 4. The summed E-state index contributed by atoms with van der Waals surface area (Å²) >= 11 is 25.6. The van der Waals surface area contributed by atoms with Crippen molar-refractivity contribution in [1.82, 2.24) is 10.2 Å². The van der Waals surface area contributed by atoms with Crippen molar-refractivity contribution in [3.05, 3.63) is 91.9 Å². The molecule has 0 aliphatic heterocycles. The molecule has 3 rings (SSSR count). The Bertz CT molecular complexity index is 1490. The number of amides is 2. The highest BCUT2D eigenvalue weighted by atomic mass is 35.5. The van der Waals surface area contributed by atoms with Crippen LogP contribution in [0, 0.1) is 6.92 Å². The van der Waals surface area contributed by atoms with E-state index in [2.05, 4.69) is 5.32 Å². The quantitative estimate of drug-likeness (QED) is 0.237. The molecule has 220 valence electrons. The lowest BCUT2D eigenvalue weighted by Gasteiger charge is -2.34. The summed E-state index contributed by atoms with van der Waals surface area (Å²) in [6.07, 6.45) is 0.245. The highest BCUT2D eigenvalue weighted by Gasteiger charge is 2.35. The second-order valence-electron chi connectivity index (χ2n) is 9.71. The Labute approximate surface area is 261 Å². The van der Waals surface area contributed by atoms with E-state index in [-0.39, 0.29) is 39.6 Å². The number of carbonyl (C=O) groups excluding carboxylic acids is 2. The fraction of sp³-hybridized carbons (Fsp3) is 0.310. The minimum atomic E-state index is -4.31. The van der Waals surface area contributed by atoms with E-state index in [1.165, 1.54) is 35.2 Å². The van der Waals surface area contributed by atoms with Gasteiger partial charge >= 0.3 is 0 Å². The number of benzene rings is 3. The van der Waals surface area contributed by atoms with Crippen LogP contribution in [-0.4, -0.2) is 43.8 Å². The molecule has 3 aromatic rings. The SMILES string of the molecule is CC[C@H](C(=O)NC(C)C)N(Cc1c(Cl)cccc1Cl)C(=O)CN(c1cccc(Cl)c1Cl)S(=O)(=O)c1ccc(C)cc1. The zero-order valence-electron chi connectivity index (χ0n) is 23.0. The number of rotatable bonds is 11. The molecule has 0 bridgehead atoms. The van der Waals surface area contributed by atoms with Gasteiger partial charge in [0.25, 0.3) is 10.0 Å². The summed E-state index contributed by atoms with van der Waals surface area (Å²) in [6, 6.07) is 14.5. The van der Waals surface area contributed by atoms with Crippen LogP contribution in [0.3, 0.4) is 0 Å². The molecule has 0 aliphatic carbocycles. The molecule has 1 N–H and O–H groups in total. The third-order valence-corrected chi connectivity index (χ3v) is 9.59. The first-order valence-electron chi connectivity index (χ1n) is 12.8. The Morgan fingerprint density at radius 1 is 0.878 bits per heavy atom. The summed E-state index contributed by atoms with van der Waals surface area (Å²) in [5, 5.41) is 3.52. The largest absolute Gasteiger partial charge is 0.352 e. The topological polar surface area (TPSA) is 86.8 Å². The molecule has 0 heterocycles. The van der Waals surface area contributed by atoms with Crippen LogP contribution >= 0.6 is 46.4 Å². The van der Waals surface area contributed by atoms with E-state index in [1.54, 1.807) is 51.1 Å². The summed E-state index contributed by atoms with van der Waals surface area (Å²) in [5.74, 6) is -1.06. The number of sulfonamides is 1. The smallest absolute Gasteiger partial charge is 0.264 e. The number of aryl methyl sites for hydroxylation is 1. The predicted molar refractivity (Wildman–Crippen MR) is 167 cm³/mol. The first kappa shape index (κ1) is 33.0. The molecule has 3 aromatic carbocycles. The summed E-state index contributed by atoms with van der Waals surface area (Å²) < 4.78 is 28.9. The predicted octanol–water partition coefficient (Wildman–Crippen LogP) is 7.14. The molecule has 2 amide bonds. The van der Waals surface area contributed by atoms with Gasteiger partial charge in [0.1, 0.15) is 12.6 Å². The monoisotopic (exact) mass is 657 g/mol. The molecule has 0 spiro atoms. The highest BCUT2D eigenvalue weighted by molar-refractivity contribution is 7.92. The number of nitrogens with one attached hydrogen (secondary N) is 1. The normalized spacial score (nSPS) is 12.2. The van der Waals surface area contributed by atoms with Crippen molar-refractivity contribution in [1.29, 1.82) is 0 Å². The summed E-state index contributed by atoms with van der Waals surface area (Å²) in [7, 11) is -4.31. The van der Waals surface area contributed by atoms with E-state index >= 15 is 0 Å². The van der Waals surface area contributed by atoms with Gasteiger partial charge in [-0.25, -0.2) is 8.42 Å². The fourth-order valence-electron chi connectivity index (χ4n) is 4.19. The van der Waals surface area contributed by atoms with E-state index in [0.29, 0.717) is 15.6 Å². The van der Waals surface area contributed by atoms with Crippen LogP contribution in [0.1, 0.15) is 38.3 Å². The van der Waals surface area contributed by atoms with Gasteiger partial charge in [0.05, 0.1) is 20.6 Å². The molecule has 0 fully saturated rings. The Balaban J connectivity index is 2.15. The van der Waals surface area contributed by atoms with Gasteiger partial charge in [0, 0.05) is 28.2 Å². The van der Waals surface area contributed by atoms with Gasteiger partial charge in [0.2, 0.25) is 11.8 Å². The van der Waals surface area contributed by atoms with Crippen molar-refractivity contribution in [2.45, 2.75) is 57.6 Å². The first-order valence-corrected chi connectivity index (χ1v) is 15.8. The van der Waals surface area contributed by atoms with E-state index < -0.39 is 34.4 Å². The third-order valence-electron chi connectivity index (χ3n) is 6.29. The summed E-state index contributed by atoms with van der Waals surface area (Å²) in [5.41, 5.74) is 1.30. The third kappa shape index (κ3) is 7.87. The Kier molecular flexibility index (Phi) is 11.4. The fourth-order valence-corrected chi connectivity index (χ4v) is 6.58. The van der Waals surface area contributed by atoms with Crippen molar-refractivity contribution in [3.63, 3.8) is 0 Å². The van der Waals surface area contributed by atoms with Crippen molar-refractivity contribution < 1.29 is 18.0 Å². The highest BCUT2D eigenvalue weighted by Crippen LogP contribution is 2.36. The zero-order chi connectivity index (χ0) is 30.5. The van der Waals surface area contributed by atoms with Crippen LogP contribution in [0.4, 0.5) is 5.69 Å². The molecule has 7 nitrogen and oxygen atoms in total. The maximum Gasteiger partial charge on any atom is 0.264 e. The van der Waals surface area contributed by atoms with Crippen LogP contribution in [-0.2, 0) is 26.2 Å². The number of anilines is 1. The van der Waals surface area contributed by atoms with Crippen LogP contribution < -0.4 is 9.62 Å². The average Bonchev–Trinajstić information content (AvgIpc) is 2.90. The molecule has 0 unspecified atom stereocenters. The molecule has 0 saturated carbocycles. The van der Waals surface area contributed by atoms with Crippen LogP contribution in [0.25, 0.3) is 0 Å². The summed E-state index contributed by atoms with van der Waals surface area (Å²) in [6.45, 7) is 6.38. The van der Waals surface area contributed by atoms with Gasteiger partial charge in [-0.2, -0.15) is 0 Å². The van der Waals surface area contributed by atoms with Crippen molar-refractivity contribution >= 4 is 73.9 Å². The molecule has 0 radical (unpaired) electrons. The van der Waals surface area contributed by atoms with Gasteiger partial charge in [-0.05, 0) is 63.6 Å². The number of nitrogens with zero attached hydrogens (tertiary/aromatic N) is 2. The van der Waals surface area contributed by atoms with Gasteiger partial charge in [-0.3, -0.25) is 13.9 Å². The van der Waals surface area contributed by atoms with Crippen LogP contribution in [0.2, 0.25) is 20.1 Å². The lowest BCUT2D eigenvalue weighted by Crippen LogP contribution is -2.53. The van der Waals surface area contributed by atoms with Crippen molar-refractivity contribution in [2.24, 2.45) is 0 Å². The number of carbonyl (C=O) groups is 2. The van der Waals surface area contributed by atoms with Gasteiger partial charge in [-0.15, -0.1) is 0 Å². The Morgan fingerprint density at radius 2 is 1.44 bits per heavy atom. The molecule has 0 aliphatic rings. The number of hydrogen-bond acceptors (Lipinski definition) is 4. The lowest BCUT2D eigenvalue weighted by molar-refractivity contribution is -0.140. The molecule has 41 heavy (non-hydrogen) atoms. The minimum Gasteiger partial charge on any atom is -0.352 e. The van der Waals surface area contributed by atoms with Crippen LogP contribution in [0.5, 0.6) is 0 Å². The van der Waals surface area contributed by atoms with E-state index in [4.69, 9.17) is 46.4 Å². The molecule has 12 heteroatoms. The van der Waals surface area contributed by atoms with Gasteiger partial charge in [0.15, 0.2) is 0 Å². The number of hydrogen-bond donors (Lipinski definition) is 1. The standard InChI is InChI=1S/C29H31Cl4N3O4S/c1-5-25(29(38)34-18(2)3)35(16-21-22(30)8-6-9-23(21)31)27(37)17-36(26-11-7-10-24(32)28(26)33)41(39,40)20-14-12-19(4)13-15-20/h6-15,18,25H,5,16-17H2,1-4H3,(H,34,38)/t25-/m1/s1. The molecule has 1 atom stereocenters. The van der Waals surface area contributed by atoms with E-state index in [1.807, 2.05) is 6.92 Å². The first-order chi connectivity index (χ1) is 19.3. The van der Waals surface area contributed by atoms with E-state index in [9.17, 15) is 18.0 Å². The Morgan fingerprint density at radius 3 is 2.00 bits per heavy atom. The van der Waals surface area contributed by atoms with Crippen LogP contribution in [0.15, 0.2) is 65.6 Å². The molecule has 0 aromatic heterocycles. The van der Waals surface area contributed by atoms with E-state index in [0.717, 1.165) is 9.87 Å². The second-order valence-corrected chi connectivity index (χ2v) is 13.2. The second kappa shape index (κ2) is 14.1. The maximum absolute atomic E-state index is 14.2. The van der Waals surface area contributed by atoms with Crippen molar-refractivity contribution in [2.75, 3.05) is 10.8 Å².